The molecule has 0 fully saturated rings. The Bertz CT molecular complexity index is 930. The lowest BCUT2D eigenvalue weighted by atomic mass is 10.0. The van der Waals surface area contributed by atoms with E-state index in [1.807, 2.05) is 6.07 Å². The van der Waals surface area contributed by atoms with Gasteiger partial charge in [0.25, 0.3) is 0 Å². The molecule has 2 aromatic carbocycles. The van der Waals surface area contributed by atoms with Crippen molar-refractivity contribution in [2.45, 2.75) is 19.3 Å². The maximum Gasteiger partial charge on any atom is 0.133 e. The Morgan fingerprint density at radius 3 is 2.73 bits per heavy atom. The van der Waals surface area contributed by atoms with Crippen molar-refractivity contribution in [2.24, 2.45) is 0 Å². The predicted molar refractivity (Wildman–Crippen MR) is 112 cm³/mol. The minimum atomic E-state index is 0.990. The van der Waals surface area contributed by atoms with Crippen LogP contribution in [0.15, 0.2) is 53.0 Å². The summed E-state index contributed by atoms with van der Waals surface area (Å²) in [5.74, 6) is 1.13. The molecule has 2 heterocycles. The molecule has 5 heteroatoms. The average molecular weight is 411 g/mol. The molecule has 4 nitrogen and oxygen atoms in total. The third kappa shape index (κ3) is 3.23. The van der Waals surface area contributed by atoms with E-state index < -0.39 is 0 Å². The Kier molecular flexibility index (Phi) is 4.72. The van der Waals surface area contributed by atoms with Crippen molar-refractivity contribution in [2.75, 3.05) is 30.9 Å². The van der Waals surface area contributed by atoms with Crippen LogP contribution in [0.5, 0.6) is 0 Å². The van der Waals surface area contributed by atoms with Gasteiger partial charge in [0.05, 0.1) is 11.4 Å². The standard InChI is InChI=1S/C21H23BrN4/c1-25(2)17-9-5-7-15(13-17)20-19-11-3-4-12-23-21(19)26(24-20)18-10-6-8-16(22)14-18/h5-10,13-14,23H,3-4,11-12H2,1-2H3. The van der Waals surface area contributed by atoms with Gasteiger partial charge in [0.1, 0.15) is 5.82 Å². The third-order valence-electron chi connectivity index (χ3n) is 4.82. The van der Waals surface area contributed by atoms with Crippen molar-refractivity contribution in [3.8, 4) is 16.9 Å². The summed E-state index contributed by atoms with van der Waals surface area (Å²) >= 11 is 3.58. The summed E-state index contributed by atoms with van der Waals surface area (Å²) in [6.45, 7) is 0.990. The van der Waals surface area contributed by atoms with Crippen LogP contribution in [-0.2, 0) is 6.42 Å². The highest BCUT2D eigenvalue weighted by atomic mass is 79.9. The summed E-state index contributed by atoms with van der Waals surface area (Å²) in [6.07, 6.45) is 3.42. The van der Waals surface area contributed by atoms with Gasteiger partial charge >= 0.3 is 0 Å². The molecule has 1 N–H and O–H groups in total. The minimum Gasteiger partial charge on any atom is -0.378 e. The SMILES string of the molecule is CN(C)c1cccc(-c2nn(-c3cccc(Br)c3)c3c2CCCCN3)c1. The fourth-order valence-corrected chi connectivity index (χ4v) is 3.85. The van der Waals surface area contributed by atoms with Crippen molar-refractivity contribution < 1.29 is 0 Å². The Morgan fingerprint density at radius 2 is 1.92 bits per heavy atom. The highest BCUT2D eigenvalue weighted by Crippen LogP contribution is 2.35. The lowest BCUT2D eigenvalue weighted by Gasteiger charge is -2.13. The molecule has 26 heavy (non-hydrogen) atoms. The second kappa shape index (κ2) is 7.16. The van der Waals surface area contributed by atoms with Crippen molar-refractivity contribution in [3.05, 3.63) is 58.6 Å². The minimum absolute atomic E-state index is 0.990. The first kappa shape index (κ1) is 17.2. The summed E-state index contributed by atoms with van der Waals surface area (Å²) in [5.41, 5.74) is 5.83. The summed E-state index contributed by atoms with van der Waals surface area (Å²) in [7, 11) is 4.14. The molecule has 1 aromatic heterocycles. The second-order valence-electron chi connectivity index (χ2n) is 6.90. The first-order valence-corrected chi connectivity index (χ1v) is 9.82. The summed E-state index contributed by atoms with van der Waals surface area (Å²) in [5, 5.41) is 8.64. The molecule has 0 unspecified atom stereocenters. The molecule has 0 saturated carbocycles. The molecule has 134 valence electrons. The third-order valence-corrected chi connectivity index (χ3v) is 5.31. The lowest BCUT2D eigenvalue weighted by molar-refractivity contribution is 0.780. The second-order valence-corrected chi connectivity index (χ2v) is 7.81. The normalized spacial score (nSPS) is 13.7. The maximum absolute atomic E-state index is 5.03. The van der Waals surface area contributed by atoms with E-state index in [1.165, 1.54) is 29.7 Å². The highest BCUT2D eigenvalue weighted by molar-refractivity contribution is 9.10. The molecule has 0 radical (unpaired) electrons. The Hall–Kier alpha value is -2.27. The van der Waals surface area contributed by atoms with E-state index in [0.717, 1.165) is 34.6 Å². The van der Waals surface area contributed by atoms with Gasteiger partial charge in [-0.1, -0.05) is 34.1 Å². The lowest BCUT2D eigenvalue weighted by Crippen LogP contribution is -2.08. The zero-order valence-corrected chi connectivity index (χ0v) is 16.8. The van der Waals surface area contributed by atoms with Crippen LogP contribution < -0.4 is 10.2 Å². The smallest absolute Gasteiger partial charge is 0.133 e. The van der Waals surface area contributed by atoms with Crippen LogP contribution in [0.1, 0.15) is 18.4 Å². The Labute approximate surface area is 163 Å². The number of benzene rings is 2. The van der Waals surface area contributed by atoms with Crippen LogP contribution in [0.2, 0.25) is 0 Å². The largest absolute Gasteiger partial charge is 0.378 e. The van der Waals surface area contributed by atoms with Gasteiger partial charge < -0.3 is 10.2 Å². The van der Waals surface area contributed by atoms with Gasteiger partial charge in [-0.3, -0.25) is 0 Å². The van der Waals surface area contributed by atoms with Crippen molar-refractivity contribution in [3.63, 3.8) is 0 Å². The molecule has 0 amide bonds. The van der Waals surface area contributed by atoms with Gasteiger partial charge in [0.2, 0.25) is 0 Å². The molecular formula is C21H23BrN4. The van der Waals surface area contributed by atoms with E-state index in [2.05, 4.69) is 87.4 Å². The molecule has 0 aliphatic carbocycles. The fraction of sp³-hybridized carbons (Fsp3) is 0.286. The Balaban J connectivity index is 1.89. The van der Waals surface area contributed by atoms with Crippen LogP contribution >= 0.6 is 15.9 Å². The number of aromatic nitrogens is 2. The molecule has 0 spiro atoms. The molecule has 3 aromatic rings. The maximum atomic E-state index is 5.03. The zero-order valence-electron chi connectivity index (χ0n) is 15.2. The number of hydrogen-bond acceptors (Lipinski definition) is 3. The van der Waals surface area contributed by atoms with Gasteiger partial charge in [-0.05, 0) is 49.6 Å². The number of halogens is 1. The average Bonchev–Trinajstić information content (AvgIpc) is 2.83. The van der Waals surface area contributed by atoms with Gasteiger partial charge in [-0.25, -0.2) is 4.68 Å². The molecular weight excluding hydrogens is 388 g/mol. The number of anilines is 2. The van der Waals surface area contributed by atoms with Crippen LogP contribution in [0.25, 0.3) is 16.9 Å². The summed E-state index contributed by atoms with van der Waals surface area (Å²) in [6, 6.07) is 16.9. The van der Waals surface area contributed by atoms with Gasteiger partial charge in [0, 0.05) is 41.9 Å². The first-order chi connectivity index (χ1) is 12.6. The molecule has 0 atom stereocenters. The van der Waals surface area contributed by atoms with Crippen molar-refractivity contribution in [1.29, 1.82) is 0 Å². The monoisotopic (exact) mass is 410 g/mol. The molecule has 0 saturated heterocycles. The summed E-state index contributed by atoms with van der Waals surface area (Å²) in [4.78, 5) is 2.13. The van der Waals surface area contributed by atoms with E-state index in [0.29, 0.717) is 0 Å². The van der Waals surface area contributed by atoms with Gasteiger partial charge in [-0.2, -0.15) is 5.10 Å². The number of hydrogen-bond donors (Lipinski definition) is 1. The number of nitrogens with zero attached hydrogens (tertiary/aromatic N) is 3. The summed E-state index contributed by atoms with van der Waals surface area (Å²) < 4.78 is 3.12. The van der Waals surface area contributed by atoms with Gasteiger partial charge in [0.15, 0.2) is 0 Å². The van der Waals surface area contributed by atoms with Crippen molar-refractivity contribution >= 4 is 27.4 Å². The van der Waals surface area contributed by atoms with E-state index in [1.54, 1.807) is 0 Å². The van der Waals surface area contributed by atoms with Crippen molar-refractivity contribution in [1.82, 2.24) is 9.78 Å². The number of nitrogens with one attached hydrogen (secondary N) is 1. The fourth-order valence-electron chi connectivity index (χ4n) is 3.46. The molecule has 0 bridgehead atoms. The van der Waals surface area contributed by atoms with Gasteiger partial charge in [-0.15, -0.1) is 0 Å². The zero-order chi connectivity index (χ0) is 18.1. The predicted octanol–water partition coefficient (Wildman–Crippen LogP) is 5.12. The number of rotatable bonds is 3. The number of fused-ring (bicyclic) bond motifs is 1. The molecule has 4 rings (SSSR count). The highest BCUT2D eigenvalue weighted by Gasteiger charge is 2.22. The van der Waals surface area contributed by atoms with Crippen LogP contribution in [0.3, 0.4) is 0 Å². The molecule has 1 aliphatic heterocycles. The first-order valence-electron chi connectivity index (χ1n) is 9.03. The van der Waals surface area contributed by atoms with Crippen LogP contribution in [-0.4, -0.2) is 30.4 Å². The topological polar surface area (TPSA) is 33.1 Å². The van der Waals surface area contributed by atoms with E-state index >= 15 is 0 Å². The van der Waals surface area contributed by atoms with Crippen LogP contribution in [0.4, 0.5) is 11.5 Å². The Morgan fingerprint density at radius 1 is 1.08 bits per heavy atom. The quantitative estimate of drug-likeness (QED) is 0.650. The van der Waals surface area contributed by atoms with E-state index in [9.17, 15) is 0 Å². The van der Waals surface area contributed by atoms with Crippen LogP contribution in [0, 0.1) is 0 Å². The van der Waals surface area contributed by atoms with E-state index in [4.69, 9.17) is 5.10 Å². The molecule has 1 aliphatic rings. The van der Waals surface area contributed by atoms with E-state index in [-0.39, 0.29) is 0 Å².